The lowest BCUT2D eigenvalue weighted by Crippen LogP contribution is -2.50. The highest BCUT2D eigenvalue weighted by atomic mass is 35.5. The molecule has 0 aliphatic carbocycles. The zero-order chi connectivity index (χ0) is 23.3. The number of benzene rings is 2. The van der Waals surface area contributed by atoms with E-state index in [1.807, 2.05) is 0 Å². The van der Waals surface area contributed by atoms with Gasteiger partial charge in [-0.2, -0.15) is 8.78 Å². The number of amides is 2. The molecule has 1 heterocycles. The van der Waals surface area contributed by atoms with E-state index in [-0.39, 0.29) is 33.9 Å². The highest BCUT2D eigenvalue weighted by Gasteiger charge is 2.25. The Hall–Kier alpha value is -3.20. The summed E-state index contributed by atoms with van der Waals surface area (Å²) in [4.78, 5) is 28.2. The van der Waals surface area contributed by atoms with Crippen molar-refractivity contribution in [1.82, 2.24) is 9.80 Å². The van der Waals surface area contributed by atoms with E-state index in [9.17, 15) is 22.8 Å². The van der Waals surface area contributed by atoms with E-state index in [1.165, 1.54) is 49.6 Å². The molecule has 1 aliphatic heterocycles. The molecule has 2 aromatic rings. The van der Waals surface area contributed by atoms with Crippen molar-refractivity contribution in [3.05, 3.63) is 64.4 Å². The number of halogens is 4. The number of carbonyl (C=O) groups excluding carboxylic acids is 2. The molecule has 0 unspecified atom stereocenters. The second kappa shape index (κ2) is 10.4. The molecule has 32 heavy (non-hydrogen) atoms. The number of carbonyl (C=O) groups is 2. The van der Waals surface area contributed by atoms with Gasteiger partial charge in [-0.25, -0.2) is 4.39 Å². The zero-order valence-corrected chi connectivity index (χ0v) is 17.8. The van der Waals surface area contributed by atoms with E-state index in [4.69, 9.17) is 16.3 Å². The molecular formula is C22H20ClF3N2O4. The van der Waals surface area contributed by atoms with Gasteiger partial charge >= 0.3 is 6.61 Å². The Morgan fingerprint density at radius 2 is 1.72 bits per heavy atom. The average molecular weight is 469 g/mol. The highest BCUT2D eigenvalue weighted by Crippen LogP contribution is 2.30. The maximum atomic E-state index is 13.2. The van der Waals surface area contributed by atoms with Crippen molar-refractivity contribution in [1.29, 1.82) is 0 Å². The third-order valence-electron chi connectivity index (χ3n) is 4.86. The lowest BCUT2D eigenvalue weighted by molar-refractivity contribution is -0.127. The summed E-state index contributed by atoms with van der Waals surface area (Å²) in [5.41, 5.74) is 0.775. The number of nitrogens with zero attached hydrogens (tertiary/aromatic N) is 2. The van der Waals surface area contributed by atoms with Crippen molar-refractivity contribution in [2.24, 2.45) is 0 Å². The van der Waals surface area contributed by atoms with Crippen LogP contribution in [0.3, 0.4) is 0 Å². The average Bonchev–Trinajstić information content (AvgIpc) is 2.77. The maximum absolute atomic E-state index is 13.2. The smallest absolute Gasteiger partial charge is 0.387 e. The molecule has 1 saturated heterocycles. The molecule has 170 valence electrons. The summed E-state index contributed by atoms with van der Waals surface area (Å²) in [6, 6.07) is 7.93. The Morgan fingerprint density at radius 3 is 2.34 bits per heavy atom. The fourth-order valence-corrected chi connectivity index (χ4v) is 3.47. The minimum atomic E-state index is -2.98. The number of alkyl halides is 2. The van der Waals surface area contributed by atoms with Gasteiger partial charge in [0.25, 0.3) is 5.91 Å². The van der Waals surface area contributed by atoms with Crippen molar-refractivity contribution >= 4 is 29.5 Å². The van der Waals surface area contributed by atoms with Crippen molar-refractivity contribution in [2.45, 2.75) is 6.61 Å². The molecule has 6 nitrogen and oxygen atoms in total. The zero-order valence-electron chi connectivity index (χ0n) is 17.1. The van der Waals surface area contributed by atoms with Gasteiger partial charge in [-0.1, -0.05) is 17.7 Å². The summed E-state index contributed by atoms with van der Waals surface area (Å²) in [5, 5.41) is 0.0387. The van der Waals surface area contributed by atoms with Gasteiger partial charge in [0, 0.05) is 32.3 Å². The number of hydrogen-bond donors (Lipinski definition) is 0. The topological polar surface area (TPSA) is 59.1 Å². The van der Waals surface area contributed by atoms with Gasteiger partial charge in [-0.05, 0) is 42.0 Å². The minimum absolute atomic E-state index is 0.0387. The number of methoxy groups -OCH3 is 1. The Kier molecular flexibility index (Phi) is 7.63. The van der Waals surface area contributed by atoms with Crippen LogP contribution < -0.4 is 9.47 Å². The molecule has 1 aliphatic rings. The lowest BCUT2D eigenvalue weighted by atomic mass is 10.1. The highest BCUT2D eigenvalue weighted by molar-refractivity contribution is 6.33. The first-order chi connectivity index (χ1) is 15.3. The van der Waals surface area contributed by atoms with Crippen LogP contribution in [-0.4, -0.2) is 61.5 Å². The van der Waals surface area contributed by atoms with Crippen molar-refractivity contribution in [3.63, 3.8) is 0 Å². The van der Waals surface area contributed by atoms with Crippen LogP contribution in [0.4, 0.5) is 13.2 Å². The van der Waals surface area contributed by atoms with Crippen molar-refractivity contribution in [2.75, 3.05) is 33.3 Å². The molecule has 10 heteroatoms. The van der Waals surface area contributed by atoms with Crippen LogP contribution >= 0.6 is 11.6 Å². The first-order valence-corrected chi connectivity index (χ1v) is 10.0. The Labute approximate surface area is 187 Å². The summed E-state index contributed by atoms with van der Waals surface area (Å²) < 4.78 is 47.4. The summed E-state index contributed by atoms with van der Waals surface area (Å²) in [6.07, 6.45) is 2.89. The number of piperazine rings is 1. The Morgan fingerprint density at radius 1 is 1.03 bits per heavy atom. The van der Waals surface area contributed by atoms with Crippen LogP contribution in [0.5, 0.6) is 11.5 Å². The lowest BCUT2D eigenvalue weighted by Gasteiger charge is -2.34. The third kappa shape index (κ3) is 5.73. The summed E-state index contributed by atoms with van der Waals surface area (Å²) in [5.74, 6) is -1.10. The van der Waals surface area contributed by atoms with Gasteiger partial charge in [0.2, 0.25) is 5.91 Å². The summed E-state index contributed by atoms with van der Waals surface area (Å²) in [7, 11) is 1.33. The molecule has 0 aromatic heterocycles. The predicted molar refractivity (Wildman–Crippen MR) is 113 cm³/mol. The SMILES string of the molecule is COc1cc(/C=C/C(=O)N2CCN(C(=O)c3ccc(F)cc3Cl)CC2)ccc1OC(F)F. The van der Waals surface area contributed by atoms with E-state index in [0.717, 1.165) is 6.07 Å². The van der Waals surface area contributed by atoms with Crippen molar-refractivity contribution in [3.8, 4) is 11.5 Å². The summed E-state index contributed by atoms with van der Waals surface area (Å²) >= 11 is 5.96. The van der Waals surface area contributed by atoms with Gasteiger partial charge in [0.05, 0.1) is 17.7 Å². The predicted octanol–water partition coefficient (Wildman–Crippen LogP) is 4.09. The van der Waals surface area contributed by atoms with Crippen molar-refractivity contribution < 1.29 is 32.2 Å². The normalized spacial score (nSPS) is 14.2. The summed E-state index contributed by atoms with van der Waals surface area (Å²) in [6.45, 7) is -1.73. The Bertz CT molecular complexity index is 1020. The van der Waals surface area contributed by atoms with Crippen LogP contribution in [0.15, 0.2) is 42.5 Å². The van der Waals surface area contributed by atoms with Crippen LogP contribution in [0.2, 0.25) is 5.02 Å². The van der Waals surface area contributed by atoms with Gasteiger partial charge < -0.3 is 19.3 Å². The molecule has 0 saturated carbocycles. The quantitative estimate of drug-likeness (QED) is 0.599. The van der Waals surface area contributed by atoms with Gasteiger partial charge in [0.15, 0.2) is 11.5 Å². The standard InChI is InChI=1S/C22H20ClF3N2O4/c1-31-19-12-14(2-6-18(19)32-22(25)26)3-7-20(29)27-8-10-28(11-9-27)21(30)16-5-4-15(24)13-17(16)23/h2-7,12-13,22H,8-11H2,1H3/b7-3+. The van der Waals surface area contributed by atoms with E-state index >= 15 is 0 Å². The molecule has 2 amide bonds. The van der Waals surface area contributed by atoms with Crippen LogP contribution in [-0.2, 0) is 4.79 Å². The van der Waals surface area contributed by atoms with Gasteiger partial charge in [-0.15, -0.1) is 0 Å². The first-order valence-electron chi connectivity index (χ1n) is 9.62. The molecule has 0 atom stereocenters. The number of ether oxygens (including phenoxy) is 2. The Balaban J connectivity index is 1.58. The second-order valence-corrected chi connectivity index (χ2v) is 7.27. The first kappa shape index (κ1) is 23.5. The molecule has 3 rings (SSSR count). The molecule has 0 radical (unpaired) electrons. The molecule has 0 bridgehead atoms. The van der Waals surface area contributed by atoms with E-state index in [1.54, 1.807) is 9.80 Å². The van der Waals surface area contributed by atoms with Crippen LogP contribution in [0.25, 0.3) is 6.08 Å². The van der Waals surface area contributed by atoms with E-state index < -0.39 is 12.4 Å². The fourth-order valence-electron chi connectivity index (χ4n) is 3.22. The largest absolute Gasteiger partial charge is 0.493 e. The molecule has 0 spiro atoms. The van der Waals surface area contributed by atoms with E-state index in [2.05, 4.69) is 4.74 Å². The fraction of sp³-hybridized carbons (Fsp3) is 0.273. The minimum Gasteiger partial charge on any atom is -0.493 e. The molecular weight excluding hydrogens is 449 g/mol. The van der Waals surface area contributed by atoms with Crippen LogP contribution in [0.1, 0.15) is 15.9 Å². The van der Waals surface area contributed by atoms with Gasteiger partial charge in [0.1, 0.15) is 5.82 Å². The molecule has 2 aromatic carbocycles. The number of hydrogen-bond acceptors (Lipinski definition) is 4. The van der Waals surface area contributed by atoms with Crippen LogP contribution in [0, 0.1) is 5.82 Å². The molecule has 1 fully saturated rings. The van der Waals surface area contributed by atoms with Gasteiger partial charge in [-0.3, -0.25) is 9.59 Å². The monoisotopic (exact) mass is 468 g/mol. The third-order valence-corrected chi connectivity index (χ3v) is 5.17. The van der Waals surface area contributed by atoms with E-state index in [0.29, 0.717) is 31.7 Å². The maximum Gasteiger partial charge on any atom is 0.387 e. The second-order valence-electron chi connectivity index (χ2n) is 6.86. The molecule has 0 N–H and O–H groups in total. The number of rotatable bonds is 6.